The maximum absolute atomic E-state index is 5.76. The van der Waals surface area contributed by atoms with Crippen molar-refractivity contribution in [2.75, 3.05) is 0 Å². The minimum atomic E-state index is 0.531. The summed E-state index contributed by atoms with van der Waals surface area (Å²) in [5, 5.41) is 17.6. The Morgan fingerprint density at radius 2 is 1.65 bits per heavy atom. The molecule has 26 heavy (non-hydrogen) atoms. The average molecular weight is 363 g/mol. The van der Waals surface area contributed by atoms with Gasteiger partial charge >= 0.3 is 0 Å². The topological polar surface area (TPSA) is 69.6 Å². The quantitative estimate of drug-likeness (QED) is 0.497. The predicted octanol–water partition coefficient (Wildman–Crippen LogP) is 4.13. The van der Waals surface area contributed by atoms with Gasteiger partial charge in [-0.3, -0.25) is 0 Å². The Bertz CT molecular complexity index is 1010. The zero-order valence-electron chi connectivity index (χ0n) is 14.5. The molecule has 0 fully saturated rings. The lowest BCUT2D eigenvalue weighted by Crippen LogP contribution is -1.95. The Morgan fingerprint density at radius 1 is 0.885 bits per heavy atom. The predicted molar refractivity (Wildman–Crippen MR) is 100 cm³/mol. The largest absolute Gasteiger partial charge is 0.420 e. The number of rotatable bonds is 5. The minimum Gasteiger partial charge on any atom is -0.420 e. The van der Waals surface area contributed by atoms with Crippen molar-refractivity contribution in [3.8, 4) is 22.8 Å². The Balaban J connectivity index is 1.47. The van der Waals surface area contributed by atoms with Crippen molar-refractivity contribution in [2.45, 2.75) is 17.8 Å². The van der Waals surface area contributed by atoms with Gasteiger partial charge < -0.3 is 8.98 Å². The van der Waals surface area contributed by atoms with Crippen molar-refractivity contribution in [3.05, 3.63) is 66.1 Å². The lowest BCUT2D eigenvalue weighted by Gasteiger charge is -2.02. The molecule has 2 heterocycles. The highest BCUT2D eigenvalue weighted by atomic mass is 32.2. The lowest BCUT2D eigenvalue weighted by atomic mass is 10.1. The van der Waals surface area contributed by atoms with Crippen LogP contribution in [-0.2, 0) is 12.8 Å². The molecular formula is C19H17N5OS. The first-order valence-electron chi connectivity index (χ1n) is 8.18. The molecule has 0 amide bonds. The molecule has 0 radical (unpaired) electrons. The third kappa shape index (κ3) is 3.39. The highest BCUT2D eigenvalue weighted by molar-refractivity contribution is 7.98. The highest BCUT2D eigenvalue weighted by Crippen LogP contribution is 2.26. The second-order valence-electron chi connectivity index (χ2n) is 5.89. The van der Waals surface area contributed by atoms with Crippen LogP contribution in [0, 0.1) is 6.92 Å². The normalized spacial score (nSPS) is 11.0. The SMILES string of the molecule is Cc1ccc(-c2nnc(CSc3nnc(-c4ccccc4)n3C)o2)cc1. The van der Waals surface area contributed by atoms with Crippen molar-refractivity contribution in [2.24, 2.45) is 7.05 Å². The summed E-state index contributed by atoms with van der Waals surface area (Å²) in [5.74, 6) is 2.47. The van der Waals surface area contributed by atoms with E-state index in [1.54, 1.807) is 0 Å². The van der Waals surface area contributed by atoms with Crippen LogP contribution in [0.15, 0.2) is 64.2 Å². The van der Waals surface area contributed by atoms with E-state index >= 15 is 0 Å². The Kier molecular flexibility index (Phi) is 4.53. The van der Waals surface area contributed by atoms with Crippen LogP contribution >= 0.6 is 11.8 Å². The number of nitrogens with zero attached hydrogens (tertiary/aromatic N) is 5. The smallest absolute Gasteiger partial charge is 0.247 e. The van der Waals surface area contributed by atoms with E-state index in [-0.39, 0.29) is 0 Å². The van der Waals surface area contributed by atoms with E-state index < -0.39 is 0 Å². The number of hydrogen-bond donors (Lipinski definition) is 0. The molecule has 2 aromatic carbocycles. The van der Waals surface area contributed by atoms with Crippen molar-refractivity contribution >= 4 is 11.8 Å². The first-order valence-corrected chi connectivity index (χ1v) is 9.16. The van der Waals surface area contributed by atoms with Gasteiger partial charge in [-0.15, -0.1) is 20.4 Å². The number of benzene rings is 2. The van der Waals surface area contributed by atoms with Crippen molar-refractivity contribution < 1.29 is 4.42 Å². The average Bonchev–Trinajstić information content (AvgIpc) is 3.28. The van der Waals surface area contributed by atoms with Gasteiger partial charge in [-0.05, 0) is 19.1 Å². The summed E-state index contributed by atoms with van der Waals surface area (Å²) in [6.45, 7) is 2.05. The van der Waals surface area contributed by atoms with E-state index in [1.165, 1.54) is 17.3 Å². The Hall–Kier alpha value is -2.93. The van der Waals surface area contributed by atoms with E-state index in [4.69, 9.17) is 4.42 Å². The van der Waals surface area contributed by atoms with Crippen molar-refractivity contribution in [1.29, 1.82) is 0 Å². The van der Waals surface area contributed by atoms with Crippen LogP contribution in [0.5, 0.6) is 0 Å². The first-order chi connectivity index (χ1) is 12.7. The fourth-order valence-corrected chi connectivity index (χ4v) is 3.28. The third-order valence-electron chi connectivity index (χ3n) is 3.96. The molecule has 6 nitrogen and oxygen atoms in total. The summed E-state index contributed by atoms with van der Waals surface area (Å²) in [5.41, 5.74) is 3.15. The van der Waals surface area contributed by atoms with Gasteiger partial charge in [-0.1, -0.05) is 59.8 Å². The molecule has 0 atom stereocenters. The van der Waals surface area contributed by atoms with Crippen LogP contribution in [0.25, 0.3) is 22.8 Å². The Morgan fingerprint density at radius 3 is 2.42 bits per heavy atom. The van der Waals surface area contributed by atoms with Gasteiger partial charge in [0.05, 0.1) is 5.75 Å². The van der Waals surface area contributed by atoms with Crippen LogP contribution < -0.4 is 0 Å². The lowest BCUT2D eigenvalue weighted by molar-refractivity contribution is 0.528. The van der Waals surface area contributed by atoms with E-state index in [1.807, 2.05) is 73.1 Å². The molecule has 0 bridgehead atoms. The number of hydrogen-bond acceptors (Lipinski definition) is 6. The maximum atomic E-state index is 5.76. The zero-order chi connectivity index (χ0) is 17.9. The van der Waals surface area contributed by atoms with Gasteiger partial charge in [0.1, 0.15) is 0 Å². The van der Waals surface area contributed by atoms with Gasteiger partial charge in [0.2, 0.25) is 11.8 Å². The molecular weight excluding hydrogens is 346 g/mol. The van der Waals surface area contributed by atoms with E-state index in [0.29, 0.717) is 17.5 Å². The molecule has 0 aliphatic heterocycles. The summed E-state index contributed by atoms with van der Waals surface area (Å²) in [6, 6.07) is 18.0. The van der Waals surface area contributed by atoms with Crippen LogP contribution in [-0.4, -0.2) is 25.0 Å². The van der Waals surface area contributed by atoms with Gasteiger partial charge in [0.15, 0.2) is 11.0 Å². The summed E-state index contributed by atoms with van der Waals surface area (Å²) in [4.78, 5) is 0. The molecule has 7 heteroatoms. The van der Waals surface area contributed by atoms with Crippen molar-refractivity contribution in [3.63, 3.8) is 0 Å². The second kappa shape index (κ2) is 7.13. The second-order valence-corrected chi connectivity index (χ2v) is 6.83. The first kappa shape index (κ1) is 16.5. The molecule has 130 valence electrons. The molecule has 0 N–H and O–H groups in total. The zero-order valence-corrected chi connectivity index (χ0v) is 15.3. The molecule has 2 aromatic heterocycles. The molecule has 0 unspecified atom stereocenters. The highest BCUT2D eigenvalue weighted by Gasteiger charge is 2.14. The monoisotopic (exact) mass is 363 g/mol. The molecule has 0 aliphatic rings. The van der Waals surface area contributed by atoms with Crippen LogP contribution in [0.3, 0.4) is 0 Å². The number of aromatic nitrogens is 5. The summed E-state index contributed by atoms with van der Waals surface area (Å²) >= 11 is 1.52. The third-order valence-corrected chi connectivity index (χ3v) is 4.96. The number of thioether (sulfide) groups is 1. The molecule has 4 rings (SSSR count). The minimum absolute atomic E-state index is 0.531. The summed E-state index contributed by atoms with van der Waals surface area (Å²) < 4.78 is 7.73. The van der Waals surface area contributed by atoms with Crippen LogP contribution in [0.1, 0.15) is 11.5 Å². The standard InChI is InChI=1S/C19H17N5OS/c1-13-8-10-15(11-9-13)18-22-20-16(25-18)12-26-19-23-21-17(24(19)2)14-6-4-3-5-7-14/h3-11H,12H2,1-2H3. The Labute approximate surface area is 155 Å². The van der Waals surface area contributed by atoms with E-state index in [0.717, 1.165) is 22.1 Å². The van der Waals surface area contributed by atoms with E-state index in [9.17, 15) is 0 Å². The molecule has 0 saturated heterocycles. The molecule has 4 aromatic rings. The molecule has 0 saturated carbocycles. The number of aryl methyl sites for hydroxylation is 1. The fourth-order valence-electron chi connectivity index (χ4n) is 2.53. The summed E-state index contributed by atoms with van der Waals surface area (Å²) in [6.07, 6.45) is 0. The van der Waals surface area contributed by atoms with E-state index in [2.05, 4.69) is 20.4 Å². The van der Waals surface area contributed by atoms with Crippen molar-refractivity contribution in [1.82, 2.24) is 25.0 Å². The van der Waals surface area contributed by atoms with Gasteiger partial charge in [0, 0.05) is 18.2 Å². The van der Waals surface area contributed by atoms with Gasteiger partial charge in [0.25, 0.3) is 0 Å². The molecule has 0 spiro atoms. The van der Waals surface area contributed by atoms with Gasteiger partial charge in [-0.25, -0.2) is 0 Å². The fraction of sp³-hybridized carbons (Fsp3) is 0.158. The molecule has 0 aliphatic carbocycles. The summed E-state index contributed by atoms with van der Waals surface area (Å²) in [7, 11) is 1.95. The van der Waals surface area contributed by atoms with Gasteiger partial charge in [-0.2, -0.15) is 0 Å². The van der Waals surface area contributed by atoms with Crippen LogP contribution in [0.2, 0.25) is 0 Å². The van der Waals surface area contributed by atoms with Crippen LogP contribution in [0.4, 0.5) is 0 Å². The maximum Gasteiger partial charge on any atom is 0.247 e.